The first-order valence-corrected chi connectivity index (χ1v) is 12.8. The summed E-state index contributed by atoms with van der Waals surface area (Å²) in [5.74, 6) is 1.26. The first-order chi connectivity index (χ1) is 14.3. The van der Waals surface area contributed by atoms with Gasteiger partial charge in [-0.05, 0) is 63.6 Å². The third-order valence-electron chi connectivity index (χ3n) is 5.62. The number of ether oxygens (including phenoxy) is 1. The van der Waals surface area contributed by atoms with Crippen LogP contribution in [-0.4, -0.2) is 17.5 Å². The van der Waals surface area contributed by atoms with Crippen LogP contribution in [0, 0.1) is 19.8 Å². The second kappa shape index (κ2) is 8.29. The van der Waals surface area contributed by atoms with E-state index in [0.29, 0.717) is 5.92 Å². The lowest BCUT2D eigenvalue weighted by Gasteiger charge is -2.27. The van der Waals surface area contributed by atoms with Gasteiger partial charge in [0.05, 0.1) is 10.9 Å². The fourth-order valence-corrected chi connectivity index (χ4v) is 7.66. The molecule has 0 amide bonds. The van der Waals surface area contributed by atoms with Crippen molar-refractivity contribution in [3.05, 3.63) is 76.0 Å². The van der Waals surface area contributed by atoms with Crippen molar-refractivity contribution in [2.45, 2.75) is 53.2 Å². The number of hydrogen-bond donors (Lipinski definition) is 0. The first kappa shape index (κ1) is 21.3. The van der Waals surface area contributed by atoms with Crippen molar-refractivity contribution in [2.24, 2.45) is 10.9 Å². The van der Waals surface area contributed by atoms with Crippen LogP contribution >= 0.6 is 19.3 Å². The van der Waals surface area contributed by atoms with Gasteiger partial charge in [0, 0.05) is 5.30 Å². The number of nitrogens with zero attached hydrogens (tertiary/aromatic N) is 1. The Bertz CT molecular complexity index is 1000. The number of hydrogen-bond acceptors (Lipinski definition) is 3. The fraction of sp³-hybridized carbons (Fsp3) is 0.346. The molecule has 0 radical (unpaired) electrons. The van der Waals surface area contributed by atoms with Crippen LogP contribution in [0.5, 0.6) is 0 Å². The van der Waals surface area contributed by atoms with Gasteiger partial charge >= 0.3 is 0 Å². The third kappa shape index (κ3) is 4.11. The van der Waals surface area contributed by atoms with E-state index in [9.17, 15) is 0 Å². The predicted octanol–water partition coefficient (Wildman–Crippen LogP) is 5.70. The Morgan fingerprint density at radius 2 is 1.43 bits per heavy atom. The van der Waals surface area contributed by atoms with Crippen LogP contribution < -0.4 is 15.9 Å². The summed E-state index contributed by atoms with van der Waals surface area (Å²) in [6.45, 7) is 13.0. The van der Waals surface area contributed by atoms with E-state index < -0.39 is 7.92 Å². The normalized spacial score (nSPS) is 18.0. The zero-order valence-corrected chi connectivity index (χ0v) is 20.4. The van der Waals surface area contributed by atoms with E-state index in [4.69, 9.17) is 9.73 Å². The summed E-state index contributed by atoms with van der Waals surface area (Å²) < 4.78 is 6.44. The predicted molar refractivity (Wildman–Crippen MR) is 133 cm³/mol. The molecule has 0 fully saturated rings. The van der Waals surface area contributed by atoms with E-state index >= 15 is 0 Å². The van der Waals surface area contributed by atoms with Gasteiger partial charge in [0.2, 0.25) is 5.90 Å². The summed E-state index contributed by atoms with van der Waals surface area (Å²) in [5.41, 5.74) is 2.29. The molecule has 0 saturated heterocycles. The molecule has 30 heavy (non-hydrogen) atoms. The number of aliphatic imine (C=N–C) groups is 1. The number of benzene rings is 2. The molecule has 2 aromatic carbocycles. The molecule has 1 atom stereocenters. The van der Waals surface area contributed by atoms with E-state index in [1.165, 1.54) is 31.9 Å². The molecule has 0 saturated carbocycles. The molecule has 0 aliphatic carbocycles. The molecule has 2 heterocycles. The average Bonchev–Trinajstić information content (AvgIpc) is 3.29. The molecule has 4 rings (SSSR count). The zero-order chi connectivity index (χ0) is 21.5. The minimum atomic E-state index is -0.681. The molecule has 156 valence electrons. The molecule has 0 bridgehead atoms. The summed E-state index contributed by atoms with van der Waals surface area (Å²) in [7, 11) is -0.681. The highest BCUT2D eigenvalue weighted by molar-refractivity contribution is 7.80. The average molecular weight is 436 g/mol. The van der Waals surface area contributed by atoms with Gasteiger partial charge in [-0.25, -0.2) is 4.99 Å². The quantitative estimate of drug-likeness (QED) is 0.471. The maximum Gasteiger partial charge on any atom is 0.228 e. The fourth-order valence-electron chi connectivity index (χ4n) is 4.13. The largest absolute Gasteiger partial charge is 0.469 e. The molecule has 3 aromatic rings. The second-order valence-electron chi connectivity index (χ2n) is 8.97. The molecule has 1 aliphatic heterocycles. The Balaban J connectivity index is 1.82. The van der Waals surface area contributed by atoms with Crippen LogP contribution in [0.4, 0.5) is 0 Å². The Morgan fingerprint density at radius 3 is 1.90 bits per heavy atom. The maximum atomic E-state index is 6.44. The van der Waals surface area contributed by atoms with E-state index in [1.54, 1.807) is 11.3 Å². The van der Waals surface area contributed by atoms with Gasteiger partial charge in [-0.1, -0.05) is 73.5 Å². The number of rotatable bonds is 5. The standard InChI is InChI=1S/C26H30NOPS/c1-17(2)24-26(5,6)28-25(27-24)23-22(15-16-30-23)29(20-11-7-18(3)8-12-20)21-13-9-19(4)10-14-21/h7-17,24H,1-6H3/t24-/m0/s1. The Morgan fingerprint density at radius 1 is 0.900 bits per heavy atom. The molecule has 0 spiro atoms. The van der Waals surface area contributed by atoms with Crippen LogP contribution in [0.25, 0.3) is 0 Å². The molecule has 0 unspecified atom stereocenters. The molecule has 2 nitrogen and oxygen atoms in total. The minimum absolute atomic E-state index is 0.174. The van der Waals surface area contributed by atoms with Gasteiger partial charge < -0.3 is 4.74 Å². The van der Waals surface area contributed by atoms with Gasteiger partial charge in [0.15, 0.2) is 0 Å². The van der Waals surface area contributed by atoms with E-state index in [2.05, 4.69) is 102 Å². The van der Waals surface area contributed by atoms with Crippen molar-refractivity contribution in [2.75, 3.05) is 0 Å². The first-order valence-electron chi connectivity index (χ1n) is 10.5. The van der Waals surface area contributed by atoms with Crippen LogP contribution in [0.3, 0.4) is 0 Å². The Kier molecular flexibility index (Phi) is 5.88. The summed E-state index contributed by atoms with van der Waals surface area (Å²) in [4.78, 5) is 6.24. The van der Waals surface area contributed by atoms with E-state index in [0.717, 1.165) is 5.90 Å². The summed E-state index contributed by atoms with van der Waals surface area (Å²) >= 11 is 1.75. The maximum absolute atomic E-state index is 6.44. The molecular formula is C26H30NOPS. The molecular weight excluding hydrogens is 405 g/mol. The summed E-state index contributed by atoms with van der Waals surface area (Å²) in [6, 6.07) is 20.4. The van der Waals surface area contributed by atoms with Crippen LogP contribution in [0.1, 0.15) is 43.7 Å². The van der Waals surface area contributed by atoms with Crippen LogP contribution in [0.2, 0.25) is 0 Å². The zero-order valence-electron chi connectivity index (χ0n) is 18.6. The lowest BCUT2D eigenvalue weighted by atomic mass is 9.90. The van der Waals surface area contributed by atoms with Crippen molar-refractivity contribution < 1.29 is 4.74 Å². The van der Waals surface area contributed by atoms with Crippen LogP contribution in [0.15, 0.2) is 65.0 Å². The minimum Gasteiger partial charge on any atom is -0.469 e. The highest BCUT2D eigenvalue weighted by atomic mass is 32.1. The smallest absolute Gasteiger partial charge is 0.228 e. The van der Waals surface area contributed by atoms with Crippen molar-refractivity contribution in [1.82, 2.24) is 0 Å². The van der Waals surface area contributed by atoms with Gasteiger partial charge in [0.1, 0.15) is 5.60 Å². The molecule has 1 aliphatic rings. The third-order valence-corrected chi connectivity index (χ3v) is 9.16. The van der Waals surface area contributed by atoms with Gasteiger partial charge in [-0.3, -0.25) is 0 Å². The number of aryl methyl sites for hydroxylation is 2. The topological polar surface area (TPSA) is 21.6 Å². The van der Waals surface area contributed by atoms with E-state index in [1.807, 2.05) is 0 Å². The van der Waals surface area contributed by atoms with Gasteiger partial charge in [-0.15, -0.1) is 11.3 Å². The highest BCUT2D eigenvalue weighted by Crippen LogP contribution is 2.39. The monoisotopic (exact) mass is 435 g/mol. The van der Waals surface area contributed by atoms with Gasteiger partial charge in [-0.2, -0.15) is 0 Å². The second-order valence-corrected chi connectivity index (χ2v) is 12.1. The SMILES string of the molecule is Cc1ccc(P(c2ccc(C)cc2)c2ccsc2C2=N[C@@H](C(C)C)C(C)(C)O2)cc1. The lowest BCUT2D eigenvalue weighted by Crippen LogP contribution is -2.37. The van der Waals surface area contributed by atoms with Crippen molar-refractivity contribution >= 4 is 41.1 Å². The van der Waals surface area contributed by atoms with E-state index in [-0.39, 0.29) is 11.6 Å². The van der Waals surface area contributed by atoms with Crippen molar-refractivity contribution in [3.63, 3.8) is 0 Å². The van der Waals surface area contributed by atoms with Crippen molar-refractivity contribution in [3.8, 4) is 0 Å². The number of thiophene rings is 1. The molecule has 1 aromatic heterocycles. The Hall–Kier alpha value is -1.96. The summed E-state index contributed by atoms with van der Waals surface area (Å²) in [5, 5.41) is 6.24. The van der Waals surface area contributed by atoms with Gasteiger partial charge in [0.25, 0.3) is 0 Å². The Labute approximate surface area is 185 Å². The molecule has 0 N–H and O–H groups in total. The summed E-state index contributed by atoms with van der Waals surface area (Å²) in [6.07, 6.45) is 0. The lowest BCUT2D eigenvalue weighted by molar-refractivity contribution is 0.0816. The van der Waals surface area contributed by atoms with Crippen molar-refractivity contribution in [1.29, 1.82) is 0 Å². The highest BCUT2D eigenvalue weighted by Gasteiger charge is 2.41. The van der Waals surface area contributed by atoms with Crippen LogP contribution in [-0.2, 0) is 4.74 Å². The molecule has 4 heteroatoms.